The van der Waals surface area contributed by atoms with Gasteiger partial charge in [0.05, 0.1) is 11.1 Å². The summed E-state index contributed by atoms with van der Waals surface area (Å²) < 4.78 is 29.1. The third kappa shape index (κ3) is 4.06. The molecule has 0 saturated carbocycles. The van der Waals surface area contributed by atoms with Crippen molar-refractivity contribution in [2.45, 2.75) is 31.7 Å². The topological polar surface area (TPSA) is 134 Å². The summed E-state index contributed by atoms with van der Waals surface area (Å²) in [6.45, 7) is 3.49. The minimum absolute atomic E-state index is 0.0614. The highest BCUT2D eigenvalue weighted by molar-refractivity contribution is 8.18. The molecule has 1 aromatic carbocycles. The van der Waals surface area contributed by atoms with E-state index in [-0.39, 0.29) is 22.6 Å². The summed E-state index contributed by atoms with van der Waals surface area (Å²) in [6, 6.07) is 7.72. The van der Waals surface area contributed by atoms with Gasteiger partial charge in [-0.1, -0.05) is 25.6 Å². The molecule has 4 rings (SSSR count). The Morgan fingerprint density at radius 1 is 1.25 bits per heavy atom. The fourth-order valence-corrected chi connectivity index (χ4v) is 7.73. The number of rotatable bonds is 6. The molecule has 0 bridgehead atoms. The number of hydrogen-bond donors (Lipinski definition) is 3. The van der Waals surface area contributed by atoms with Crippen molar-refractivity contribution in [1.29, 1.82) is 0 Å². The molecule has 1 unspecified atom stereocenters. The average molecular weight is 478 g/mol. The number of hydroxylamine groups is 1. The Kier molecular flexibility index (Phi) is 6.12. The van der Waals surface area contributed by atoms with Crippen molar-refractivity contribution in [3.63, 3.8) is 0 Å². The molecule has 0 spiro atoms. The van der Waals surface area contributed by atoms with Crippen LogP contribution in [0.4, 0.5) is 0 Å². The summed E-state index contributed by atoms with van der Waals surface area (Å²) in [5, 5.41) is 15.6. The molecule has 2 aliphatic heterocycles. The second kappa shape index (κ2) is 8.70. The number of nitrogens with zero attached hydrogens (tertiary/aromatic N) is 3. The highest BCUT2D eigenvalue weighted by Crippen LogP contribution is 2.47. The predicted molar refractivity (Wildman–Crippen MR) is 118 cm³/mol. The Hall–Kier alpha value is -2.67. The maximum atomic E-state index is 13.1. The summed E-state index contributed by atoms with van der Waals surface area (Å²) in [6.07, 6.45) is 3.83. The number of carbonyl (C=O) groups excluding carboxylic acids is 2. The predicted octanol–water partition coefficient (Wildman–Crippen LogP) is 1.45. The number of nitrogens with one attached hydrogen (secondary N) is 2. The molecule has 2 atom stereocenters. The lowest BCUT2D eigenvalue weighted by Crippen LogP contribution is -2.50. The molecule has 0 aliphatic carbocycles. The molecule has 32 heavy (non-hydrogen) atoms. The normalized spacial score (nSPS) is 20.9. The van der Waals surface area contributed by atoms with Crippen molar-refractivity contribution in [1.82, 2.24) is 24.9 Å². The first kappa shape index (κ1) is 22.5. The molecule has 0 fully saturated rings. The molecule has 2 amide bonds. The van der Waals surface area contributed by atoms with Crippen LogP contribution in [0.3, 0.4) is 0 Å². The van der Waals surface area contributed by atoms with Crippen LogP contribution in [0.2, 0.25) is 0 Å². The maximum Gasteiger partial charge on any atom is 0.262 e. The van der Waals surface area contributed by atoms with Crippen molar-refractivity contribution < 1.29 is 23.2 Å². The number of thioether (sulfide) groups is 1. The highest BCUT2D eigenvalue weighted by atomic mass is 32.3. The van der Waals surface area contributed by atoms with E-state index in [2.05, 4.69) is 10.4 Å². The van der Waals surface area contributed by atoms with Crippen LogP contribution in [0.25, 0.3) is 5.69 Å². The van der Waals surface area contributed by atoms with Crippen LogP contribution < -0.4 is 10.8 Å². The number of hydrogen-bond acceptors (Lipinski definition) is 7. The van der Waals surface area contributed by atoms with Crippen LogP contribution in [-0.4, -0.2) is 57.5 Å². The maximum absolute atomic E-state index is 13.1. The Morgan fingerprint density at radius 3 is 2.53 bits per heavy atom. The molecule has 2 aliphatic rings. The molecule has 3 N–H and O–H groups in total. The smallest absolute Gasteiger partial charge is 0.262 e. The fourth-order valence-electron chi connectivity index (χ4n) is 3.89. The largest absolute Gasteiger partial charge is 0.340 e. The SMILES string of the molecule is CC(C)[C@H](C(=O)NO)N1CC2=C(SC(NC(=O)c3ccc(-n4cccn4)cc3)C2)S1(=O)=O. The van der Waals surface area contributed by atoms with Gasteiger partial charge in [-0.15, -0.1) is 0 Å². The van der Waals surface area contributed by atoms with E-state index in [9.17, 15) is 18.0 Å². The molecule has 1 aromatic heterocycles. The van der Waals surface area contributed by atoms with Gasteiger partial charge in [0.25, 0.3) is 11.8 Å². The van der Waals surface area contributed by atoms with Crippen LogP contribution in [0.1, 0.15) is 30.6 Å². The molecule has 10 nitrogen and oxygen atoms in total. The highest BCUT2D eigenvalue weighted by Gasteiger charge is 2.48. The Balaban J connectivity index is 1.42. The van der Waals surface area contributed by atoms with Gasteiger partial charge in [0.2, 0.25) is 10.0 Å². The van der Waals surface area contributed by atoms with Gasteiger partial charge in [0.15, 0.2) is 0 Å². The van der Waals surface area contributed by atoms with Crippen LogP contribution in [-0.2, 0) is 14.8 Å². The zero-order valence-corrected chi connectivity index (χ0v) is 19.1. The van der Waals surface area contributed by atoms with Crippen molar-refractivity contribution in [2.75, 3.05) is 6.54 Å². The number of amides is 2. The van der Waals surface area contributed by atoms with E-state index in [4.69, 9.17) is 5.21 Å². The molecular weight excluding hydrogens is 454 g/mol. The van der Waals surface area contributed by atoms with Crippen molar-refractivity contribution >= 4 is 33.6 Å². The second-order valence-corrected chi connectivity index (χ2v) is 11.2. The third-order valence-electron chi connectivity index (χ3n) is 5.37. The summed E-state index contributed by atoms with van der Waals surface area (Å²) in [4.78, 5) is 24.7. The van der Waals surface area contributed by atoms with E-state index in [1.165, 1.54) is 0 Å². The van der Waals surface area contributed by atoms with Gasteiger partial charge < -0.3 is 5.32 Å². The van der Waals surface area contributed by atoms with Crippen molar-refractivity contribution in [3.05, 3.63) is 58.1 Å². The van der Waals surface area contributed by atoms with Crippen LogP contribution in [0, 0.1) is 5.92 Å². The number of carbonyl (C=O) groups is 2. The molecule has 0 saturated heterocycles. The molecule has 3 heterocycles. The third-order valence-corrected chi connectivity index (χ3v) is 9.09. The monoisotopic (exact) mass is 477 g/mol. The van der Waals surface area contributed by atoms with Crippen LogP contribution >= 0.6 is 11.8 Å². The fraction of sp³-hybridized carbons (Fsp3) is 0.350. The number of aromatic nitrogens is 2. The molecule has 2 aromatic rings. The van der Waals surface area contributed by atoms with E-state index >= 15 is 0 Å². The van der Waals surface area contributed by atoms with Crippen molar-refractivity contribution in [3.8, 4) is 5.69 Å². The lowest BCUT2D eigenvalue weighted by Gasteiger charge is -2.29. The summed E-state index contributed by atoms with van der Waals surface area (Å²) in [5.74, 6) is -1.40. The minimum Gasteiger partial charge on any atom is -0.340 e. The Labute approximate surface area is 189 Å². The summed E-state index contributed by atoms with van der Waals surface area (Å²) in [5.41, 5.74) is 3.49. The number of benzene rings is 1. The van der Waals surface area contributed by atoms with Gasteiger partial charge in [-0.05, 0) is 41.8 Å². The van der Waals surface area contributed by atoms with Gasteiger partial charge in [-0.3, -0.25) is 14.8 Å². The molecular formula is C20H23N5O5S2. The zero-order valence-electron chi connectivity index (χ0n) is 17.4. The molecule has 170 valence electrons. The standard InChI is InChI=1S/C20H23N5O5S2/c1-12(2)17(19(27)23-28)25-11-14-10-16(31-20(14)32(25,29)30)22-18(26)13-4-6-15(7-5-13)24-9-3-8-21-24/h3-9,12,16-17,28H,10-11H2,1-2H3,(H,22,26)(H,23,27)/t16?,17-/m1/s1. The molecule has 0 radical (unpaired) electrons. The quantitative estimate of drug-likeness (QED) is 0.424. The summed E-state index contributed by atoms with van der Waals surface area (Å²) >= 11 is 1.07. The van der Waals surface area contributed by atoms with E-state index in [0.717, 1.165) is 21.8 Å². The summed E-state index contributed by atoms with van der Waals surface area (Å²) in [7, 11) is -3.89. The first-order valence-electron chi connectivity index (χ1n) is 9.97. The lowest BCUT2D eigenvalue weighted by atomic mass is 10.0. The molecule has 12 heteroatoms. The lowest BCUT2D eigenvalue weighted by molar-refractivity contribution is -0.134. The zero-order chi connectivity index (χ0) is 23.0. The van der Waals surface area contributed by atoms with Crippen LogP contribution in [0.5, 0.6) is 0 Å². The van der Waals surface area contributed by atoms with Gasteiger partial charge >= 0.3 is 0 Å². The van der Waals surface area contributed by atoms with Gasteiger partial charge in [-0.2, -0.15) is 9.40 Å². The van der Waals surface area contributed by atoms with Gasteiger partial charge in [-0.25, -0.2) is 18.6 Å². The Bertz CT molecular complexity index is 1160. The van der Waals surface area contributed by atoms with Crippen molar-refractivity contribution in [2.24, 2.45) is 5.92 Å². The van der Waals surface area contributed by atoms with E-state index in [1.807, 2.05) is 0 Å². The minimum atomic E-state index is -3.89. The van der Waals surface area contributed by atoms with E-state index in [0.29, 0.717) is 17.6 Å². The van der Waals surface area contributed by atoms with E-state index < -0.39 is 27.3 Å². The second-order valence-electron chi connectivity index (χ2n) is 7.89. The Morgan fingerprint density at radius 2 is 1.97 bits per heavy atom. The van der Waals surface area contributed by atoms with Gasteiger partial charge in [0, 0.05) is 30.9 Å². The van der Waals surface area contributed by atoms with Crippen LogP contribution in [0.15, 0.2) is 52.5 Å². The first-order valence-corrected chi connectivity index (χ1v) is 12.3. The van der Waals surface area contributed by atoms with E-state index in [1.54, 1.807) is 66.7 Å². The number of sulfonamides is 1. The van der Waals surface area contributed by atoms with Gasteiger partial charge in [0.1, 0.15) is 10.3 Å². The first-order chi connectivity index (χ1) is 15.2. The average Bonchev–Trinajstić information content (AvgIpc) is 3.47.